The minimum atomic E-state index is -1.13. The summed E-state index contributed by atoms with van der Waals surface area (Å²) >= 11 is 0. The van der Waals surface area contributed by atoms with Crippen molar-refractivity contribution in [1.29, 1.82) is 0 Å². The number of ether oxygens (including phenoxy) is 2. The molecule has 1 heterocycles. The molecule has 0 aliphatic heterocycles. The number of hydrogen-bond donors (Lipinski definition) is 2. The van der Waals surface area contributed by atoms with Gasteiger partial charge in [0.25, 0.3) is 0 Å². The minimum absolute atomic E-state index is 0.167. The van der Waals surface area contributed by atoms with Crippen molar-refractivity contribution in [2.75, 3.05) is 14.2 Å². The average molecular weight is 377 g/mol. The molecule has 0 radical (unpaired) electrons. The molecule has 2 rings (SSSR count). The van der Waals surface area contributed by atoms with Crippen molar-refractivity contribution in [2.45, 2.75) is 33.2 Å². The number of methoxy groups -OCH3 is 2. The highest BCUT2D eigenvalue weighted by Gasteiger charge is 2.25. The van der Waals surface area contributed by atoms with Gasteiger partial charge in [-0.25, -0.2) is 9.59 Å². The number of benzene rings is 1. The highest BCUT2D eigenvalue weighted by Crippen LogP contribution is 2.36. The van der Waals surface area contributed by atoms with E-state index in [1.54, 1.807) is 32.9 Å². The Bertz CT molecular complexity index is 930. The molecule has 146 valence electrons. The first-order valence-corrected chi connectivity index (χ1v) is 8.40. The Morgan fingerprint density at radius 1 is 1.22 bits per heavy atom. The van der Waals surface area contributed by atoms with Gasteiger partial charge in [-0.05, 0) is 30.5 Å². The number of hydrogen-bond acceptors (Lipinski definition) is 6. The predicted octanol–water partition coefficient (Wildman–Crippen LogP) is 1.89. The molecule has 0 aliphatic carbocycles. The third-order valence-electron chi connectivity index (χ3n) is 4.38. The summed E-state index contributed by atoms with van der Waals surface area (Å²) in [5, 5.41) is 12.2. The van der Waals surface area contributed by atoms with E-state index in [1.165, 1.54) is 14.2 Å². The molecule has 0 fully saturated rings. The lowest BCUT2D eigenvalue weighted by atomic mass is 10.0. The summed E-state index contributed by atoms with van der Waals surface area (Å²) in [4.78, 5) is 36.0. The van der Waals surface area contributed by atoms with E-state index >= 15 is 0 Å². The van der Waals surface area contributed by atoms with Gasteiger partial charge in [0.1, 0.15) is 6.04 Å². The second-order valence-corrected chi connectivity index (χ2v) is 6.48. The third kappa shape index (κ3) is 4.05. The summed E-state index contributed by atoms with van der Waals surface area (Å²) < 4.78 is 15.9. The topological polar surface area (TPSA) is 115 Å². The van der Waals surface area contributed by atoms with Crippen LogP contribution in [0.25, 0.3) is 11.0 Å². The molecule has 27 heavy (non-hydrogen) atoms. The molecule has 8 heteroatoms. The molecule has 0 saturated carbocycles. The van der Waals surface area contributed by atoms with E-state index in [9.17, 15) is 19.5 Å². The fourth-order valence-electron chi connectivity index (χ4n) is 2.87. The van der Waals surface area contributed by atoms with E-state index in [0.717, 1.165) is 0 Å². The molecule has 0 aliphatic rings. The van der Waals surface area contributed by atoms with Crippen molar-refractivity contribution in [3.63, 3.8) is 0 Å². The molecule has 1 amide bonds. The number of carbonyl (C=O) groups excluding carboxylic acids is 1. The lowest BCUT2D eigenvalue weighted by molar-refractivity contribution is -0.143. The van der Waals surface area contributed by atoms with Crippen LogP contribution in [-0.2, 0) is 16.0 Å². The van der Waals surface area contributed by atoms with Gasteiger partial charge < -0.3 is 24.3 Å². The first kappa shape index (κ1) is 20.3. The Morgan fingerprint density at radius 2 is 1.89 bits per heavy atom. The summed E-state index contributed by atoms with van der Waals surface area (Å²) in [5.74, 6) is -1.28. The fourth-order valence-corrected chi connectivity index (χ4v) is 2.87. The van der Waals surface area contributed by atoms with Crippen LogP contribution in [0.4, 0.5) is 0 Å². The van der Waals surface area contributed by atoms with E-state index in [2.05, 4.69) is 5.32 Å². The first-order chi connectivity index (χ1) is 12.7. The molecule has 2 aromatic rings. The lowest BCUT2D eigenvalue weighted by Gasteiger charge is -2.18. The number of aliphatic carboxylic acids is 1. The molecule has 0 saturated heterocycles. The molecule has 1 atom stereocenters. The van der Waals surface area contributed by atoms with Crippen LogP contribution in [0.5, 0.6) is 11.5 Å². The van der Waals surface area contributed by atoms with Gasteiger partial charge >= 0.3 is 11.6 Å². The maximum Gasteiger partial charge on any atom is 0.340 e. The third-order valence-corrected chi connectivity index (χ3v) is 4.38. The van der Waals surface area contributed by atoms with Crippen molar-refractivity contribution < 1.29 is 28.6 Å². The van der Waals surface area contributed by atoms with Crippen LogP contribution in [0, 0.1) is 12.8 Å². The van der Waals surface area contributed by atoms with Gasteiger partial charge in [0.2, 0.25) is 11.7 Å². The van der Waals surface area contributed by atoms with Crippen LogP contribution in [-0.4, -0.2) is 37.2 Å². The van der Waals surface area contributed by atoms with Crippen LogP contribution in [0.15, 0.2) is 21.3 Å². The number of aryl methyl sites for hydroxylation is 1. The zero-order valence-electron chi connectivity index (χ0n) is 15.9. The number of nitrogens with one attached hydrogen (secondary N) is 1. The Hall–Kier alpha value is -3.03. The van der Waals surface area contributed by atoms with Gasteiger partial charge in [0, 0.05) is 5.39 Å². The molecule has 1 unspecified atom stereocenters. The predicted molar refractivity (Wildman–Crippen MR) is 98.4 cm³/mol. The van der Waals surface area contributed by atoms with Gasteiger partial charge in [0.15, 0.2) is 11.3 Å². The van der Waals surface area contributed by atoms with Crippen molar-refractivity contribution in [3.05, 3.63) is 33.7 Å². The van der Waals surface area contributed by atoms with Crippen LogP contribution >= 0.6 is 0 Å². The zero-order valence-corrected chi connectivity index (χ0v) is 15.9. The van der Waals surface area contributed by atoms with E-state index in [4.69, 9.17) is 13.9 Å². The maximum absolute atomic E-state index is 12.5. The van der Waals surface area contributed by atoms with Crippen LogP contribution < -0.4 is 20.4 Å². The van der Waals surface area contributed by atoms with Gasteiger partial charge in [-0.2, -0.15) is 0 Å². The van der Waals surface area contributed by atoms with Crippen LogP contribution in [0.2, 0.25) is 0 Å². The fraction of sp³-hybridized carbons (Fsp3) is 0.421. The summed E-state index contributed by atoms with van der Waals surface area (Å²) in [6, 6.07) is 2.36. The molecular weight excluding hydrogens is 354 g/mol. The molecule has 2 N–H and O–H groups in total. The highest BCUT2D eigenvalue weighted by molar-refractivity contribution is 5.90. The van der Waals surface area contributed by atoms with Crippen LogP contribution in [0.1, 0.15) is 25.0 Å². The Kier molecular flexibility index (Phi) is 6.09. The van der Waals surface area contributed by atoms with E-state index in [0.29, 0.717) is 16.7 Å². The SMILES string of the molecule is COc1ccc2c(C)c(CC(=O)NC(C(=O)O)C(C)C)c(=O)oc2c1OC. The lowest BCUT2D eigenvalue weighted by Crippen LogP contribution is -2.45. The summed E-state index contributed by atoms with van der Waals surface area (Å²) in [7, 11) is 2.91. The van der Waals surface area contributed by atoms with Crippen molar-refractivity contribution >= 4 is 22.8 Å². The van der Waals surface area contributed by atoms with Gasteiger partial charge in [-0.15, -0.1) is 0 Å². The normalized spacial score (nSPS) is 12.1. The zero-order chi connectivity index (χ0) is 20.3. The number of carboxylic acids is 1. The molecular formula is C19H23NO7. The van der Waals surface area contributed by atoms with Gasteiger partial charge in [0.05, 0.1) is 26.2 Å². The molecule has 1 aromatic heterocycles. The highest BCUT2D eigenvalue weighted by atomic mass is 16.5. The summed E-state index contributed by atoms with van der Waals surface area (Å²) in [6.45, 7) is 5.08. The monoisotopic (exact) mass is 377 g/mol. The van der Waals surface area contributed by atoms with Crippen molar-refractivity contribution in [3.8, 4) is 11.5 Å². The number of rotatable bonds is 7. The smallest absolute Gasteiger partial charge is 0.340 e. The quantitative estimate of drug-likeness (QED) is 0.708. The number of fused-ring (bicyclic) bond motifs is 1. The van der Waals surface area contributed by atoms with E-state index in [-0.39, 0.29) is 29.2 Å². The first-order valence-electron chi connectivity index (χ1n) is 8.40. The summed E-state index contributed by atoms with van der Waals surface area (Å²) in [6.07, 6.45) is -0.283. The summed E-state index contributed by atoms with van der Waals surface area (Å²) in [5.41, 5.74) is 0.279. The molecule has 8 nitrogen and oxygen atoms in total. The standard InChI is InChI=1S/C19H23NO7/c1-9(2)15(18(22)23)20-14(21)8-12-10(3)11-6-7-13(25-4)17(26-5)16(11)27-19(12)24/h6-7,9,15H,8H2,1-5H3,(H,20,21)(H,22,23). The second-order valence-electron chi connectivity index (χ2n) is 6.48. The number of carboxylic acid groups (broad SMARTS) is 1. The van der Waals surface area contributed by atoms with E-state index < -0.39 is 23.5 Å². The van der Waals surface area contributed by atoms with Crippen molar-refractivity contribution in [1.82, 2.24) is 5.32 Å². The Labute approximate surface area is 156 Å². The Morgan fingerprint density at radius 3 is 2.41 bits per heavy atom. The van der Waals surface area contributed by atoms with Gasteiger partial charge in [-0.1, -0.05) is 13.8 Å². The van der Waals surface area contributed by atoms with Gasteiger partial charge in [-0.3, -0.25) is 4.79 Å². The Balaban J connectivity index is 2.44. The molecule has 0 bridgehead atoms. The maximum atomic E-state index is 12.5. The van der Waals surface area contributed by atoms with Crippen molar-refractivity contribution in [2.24, 2.45) is 5.92 Å². The largest absolute Gasteiger partial charge is 0.493 e. The van der Waals surface area contributed by atoms with E-state index in [1.807, 2.05) is 0 Å². The number of amides is 1. The molecule has 1 aromatic carbocycles. The average Bonchev–Trinajstić information content (AvgIpc) is 2.61. The second kappa shape index (κ2) is 8.11. The number of carbonyl (C=O) groups is 2. The minimum Gasteiger partial charge on any atom is -0.493 e. The van der Waals surface area contributed by atoms with Crippen LogP contribution in [0.3, 0.4) is 0 Å². The molecule has 0 spiro atoms.